The summed E-state index contributed by atoms with van der Waals surface area (Å²) in [6.07, 6.45) is 7.74. The van der Waals surface area contributed by atoms with Gasteiger partial charge >= 0.3 is 0 Å². The molecule has 8 heteroatoms. The molecule has 0 radical (unpaired) electrons. The van der Waals surface area contributed by atoms with Gasteiger partial charge in [0.05, 0.1) is 6.37 Å². The predicted molar refractivity (Wildman–Crippen MR) is 106 cm³/mol. The molecule has 2 aromatic heterocycles. The van der Waals surface area contributed by atoms with Crippen LogP contribution in [0, 0.1) is 6.92 Å². The quantitative estimate of drug-likeness (QED) is 0.286. The molecule has 2 aliphatic carbocycles. The third kappa shape index (κ3) is 3.37. The highest BCUT2D eigenvalue weighted by Crippen LogP contribution is 2.46. The van der Waals surface area contributed by atoms with Crippen molar-refractivity contribution >= 4 is 51.8 Å². The Labute approximate surface area is 155 Å². The van der Waals surface area contributed by atoms with E-state index in [9.17, 15) is 0 Å². The van der Waals surface area contributed by atoms with Crippen LogP contribution in [0.3, 0.4) is 0 Å². The molecule has 1 atom stereocenters. The summed E-state index contributed by atoms with van der Waals surface area (Å²) in [5.41, 5.74) is 3.75. The van der Waals surface area contributed by atoms with E-state index in [1.54, 1.807) is 11.8 Å². The third-order valence-corrected chi connectivity index (χ3v) is 6.78. The minimum Gasteiger partial charge on any atom is -0.323 e. The smallest absolute Gasteiger partial charge is 0.189 e. The molecule has 0 bridgehead atoms. The normalized spacial score (nSPS) is 18.0. The molecule has 1 N–H and O–H groups in total. The minimum absolute atomic E-state index is 0.616. The van der Waals surface area contributed by atoms with Crippen LogP contribution in [0.5, 0.6) is 0 Å². The maximum absolute atomic E-state index is 4.73. The molecule has 122 valence electrons. The molecule has 0 aliphatic heterocycles. The summed E-state index contributed by atoms with van der Waals surface area (Å²) < 4.78 is 2.14. The molecular formula is C15H19IN5PS. The summed E-state index contributed by atoms with van der Waals surface area (Å²) in [5.74, 6) is 3.19. The first-order valence-electron chi connectivity index (χ1n) is 7.85. The number of halogens is 1. The van der Waals surface area contributed by atoms with E-state index in [0.717, 1.165) is 22.5 Å². The molecule has 2 fully saturated rings. The van der Waals surface area contributed by atoms with Gasteiger partial charge in [0.25, 0.3) is 0 Å². The average molecular weight is 459 g/mol. The summed E-state index contributed by atoms with van der Waals surface area (Å²) >= 11 is 3.99. The second-order valence-corrected chi connectivity index (χ2v) is 9.00. The second-order valence-electron chi connectivity index (χ2n) is 6.18. The molecule has 0 spiro atoms. The molecule has 0 aromatic carbocycles. The fourth-order valence-electron chi connectivity index (χ4n) is 2.92. The first-order valence-corrected chi connectivity index (χ1v) is 13.1. The SMILES string of the molecule is CSc1nc(C)c(C2CC2)c(Nc2cc(C3CC3)n(PI)n2)n1. The molecule has 4 rings (SSSR count). The maximum atomic E-state index is 4.73. The molecule has 1 unspecified atom stereocenters. The molecule has 2 aliphatic rings. The zero-order chi connectivity index (χ0) is 16.0. The predicted octanol–water partition coefficient (Wildman–Crippen LogP) is 4.99. The molecular weight excluding hydrogens is 440 g/mol. The van der Waals surface area contributed by atoms with Crippen LogP contribution in [-0.4, -0.2) is 25.8 Å². The van der Waals surface area contributed by atoms with E-state index >= 15 is 0 Å². The highest BCUT2D eigenvalue weighted by Gasteiger charge is 2.31. The second kappa shape index (κ2) is 6.48. The Kier molecular flexibility index (Phi) is 4.54. The lowest BCUT2D eigenvalue weighted by atomic mass is 10.1. The number of thioether (sulfide) groups is 1. The maximum Gasteiger partial charge on any atom is 0.189 e. The van der Waals surface area contributed by atoms with Gasteiger partial charge in [0.2, 0.25) is 0 Å². The molecule has 2 saturated carbocycles. The van der Waals surface area contributed by atoms with Crippen molar-refractivity contribution in [1.29, 1.82) is 0 Å². The Hall–Kier alpha value is -0.400. The topological polar surface area (TPSA) is 55.6 Å². The zero-order valence-electron chi connectivity index (χ0n) is 13.1. The molecule has 5 nitrogen and oxygen atoms in total. The first kappa shape index (κ1) is 16.1. The number of anilines is 2. The molecule has 0 amide bonds. The Morgan fingerprint density at radius 2 is 2.00 bits per heavy atom. The van der Waals surface area contributed by atoms with E-state index in [2.05, 4.69) is 49.8 Å². The molecule has 2 heterocycles. The van der Waals surface area contributed by atoms with Gasteiger partial charge in [-0.15, -0.1) is 0 Å². The van der Waals surface area contributed by atoms with Crippen molar-refractivity contribution in [2.45, 2.75) is 49.6 Å². The van der Waals surface area contributed by atoms with E-state index in [1.807, 2.05) is 6.26 Å². The summed E-state index contributed by atoms with van der Waals surface area (Å²) in [5, 5.41) is 9.05. The van der Waals surface area contributed by atoms with E-state index in [4.69, 9.17) is 10.1 Å². The fourth-order valence-corrected chi connectivity index (χ4v) is 4.98. The van der Waals surface area contributed by atoms with E-state index in [1.165, 1.54) is 36.9 Å². The van der Waals surface area contributed by atoms with Gasteiger partial charge in [-0.25, -0.2) is 14.4 Å². The van der Waals surface area contributed by atoms with Crippen LogP contribution in [0.2, 0.25) is 0 Å². The first-order chi connectivity index (χ1) is 11.2. The molecule has 23 heavy (non-hydrogen) atoms. The van der Waals surface area contributed by atoms with Gasteiger partial charge in [-0.3, -0.25) is 0 Å². The van der Waals surface area contributed by atoms with Crippen LogP contribution in [0.4, 0.5) is 11.6 Å². The van der Waals surface area contributed by atoms with Crippen molar-refractivity contribution in [2.24, 2.45) is 0 Å². The number of nitrogens with zero attached hydrogens (tertiary/aromatic N) is 4. The van der Waals surface area contributed by atoms with Gasteiger partial charge in [0.1, 0.15) is 5.82 Å². The number of aryl methyl sites for hydroxylation is 1. The number of aromatic nitrogens is 4. The number of hydrogen-bond acceptors (Lipinski definition) is 5. The summed E-state index contributed by atoms with van der Waals surface area (Å²) in [4.78, 5) is 9.34. The highest BCUT2D eigenvalue weighted by atomic mass is 127. The van der Waals surface area contributed by atoms with Crippen LogP contribution in [0.1, 0.15) is 54.5 Å². The zero-order valence-corrected chi connectivity index (χ0v) is 17.1. The number of nitrogens with one attached hydrogen (secondary N) is 1. The fraction of sp³-hybridized carbons (Fsp3) is 0.533. The van der Waals surface area contributed by atoms with Gasteiger partial charge in [0, 0.05) is 28.9 Å². The van der Waals surface area contributed by atoms with Crippen molar-refractivity contribution < 1.29 is 0 Å². The van der Waals surface area contributed by atoms with Crippen molar-refractivity contribution in [1.82, 2.24) is 19.5 Å². The van der Waals surface area contributed by atoms with Crippen LogP contribution < -0.4 is 5.32 Å². The van der Waals surface area contributed by atoms with Crippen molar-refractivity contribution in [3.63, 3.8) is 0 Å². The monoisotopic (exact) mass is 459 g/mol. The highest BCUT2D eigenvalue weighted by molar-refractivity contribution is 14.2. The standard InChI is InChI=1S/C15H19IN5PS/c1-8-13(10-5-6-10)14(19-15(17-8)23-2)18-12-7-11(9-3-4-9)21(20-12)22-16/h7,9-10,22H,3-6H2,1-2H3,(H,17,18,19,20). The van der Waals surface area contributed by atoms with Crippen LogP contribution in [-0.2, 0) is 0 Å². The number of hydrogen-bond donors (Lipinski definition) is 1. The summed E-state index contributed by atoms with van der Waals surface area (Å²) in [6.45, 7) is 2.10. The van der Waals surface area contributed by atoms with E-state index in [-0.39, 0.29) is 0 Å². The van der Waals surface area contributed by atoms with Crippen LogP contribution in [0.25, 0.3) is 0 Å². The van der Waals surface area contributed by atoms with Gasteiger partial charge in [-0.05, 0) is 66.8 Å². The van der Waals surface area contributed by atoms with Crippen LogP contribution >= 0.6 is 40.2 Å². The van der Waals surface area contributed by atoms with Crippen LogP contribution in [0.15, 0.2) is 11.2 Å². The molecule has 2 aromatic rings. The van der Waals surface area contributed by atoms with E-state index in [0.29, 0.717) is 18.2 Å². The van der Waals surface area contributed by atoms with Gasteiger partial charge in [0.15, 0.2) is 11.0 Å². The Morgan fingerprint density at radius 3 is 2.61 bits per heavy atom. The third-order valence-electron chi connectivity index (χ3n) is 4.34. The van der Waals surface area contributed by atoms with Gasteiger partial charge < -0.3 is 5.32 Å². The summed E-state index contributed by atoms with van der Waals surface area (Å²) in [7, 11) is 0. The van der Waals surface area contributed by atoms with Crippen molar-refractivity contribution in [3.8, 4) is 0 Å². The lowest BCUT2D eigenvalue weighted by molar-refractivity contribution is 0.886. The number of rotatable bonds is 6. The Balaban J connectivity index is 1.69. The lowest BCUT2D eigenvalue weighted by Gasteiger charge is -2.12. The van der Waals surface area contributed by atoms with Crippen molar-refractivity contribution in [2.75, 3.05) is 11.6 Å². The lowest BCUT2D eigenvalue weighted by Crippen LogP contribution is -2.05. The van der Waals surface area contributed by atoms with E-state index < -0.39 is 0 Å². The van der Waals surface area contributed by atoms with Crippen molar-refractivity contribution in [3.05, 3.63) is 23.0 Å². The largest absolute Gasteiger partial charge is 0.323 e. The Bertz CT molecular complexity index is 742. The molecule has 0 saturated heterocycles. The van der Waals surface area contributed by atoms with Gasteiger partial charge in [-0.2, -0.15) is 5.10 Å². The minimum atomic E-state index is 0.616. The van der Waals surface area contributed by atoms with Gasteiger partial charge in [-0.1, -0.05) is 11.8 Å². The summed E-state index contributed by atoms with van der Waals surface area (Å²) in [6, 6.07) is 2.20. The average Bonchev–Trinajstić information content (AvgIpc) is 3.45. The Morgan fingerprint density at radius 1 is 1.26 bits per heavy atom.